The van der Waals surface area contributed by atoms with Crippen LogP contribution in [0.1, 0.15) is 41.2 Å². The molecule has 35 heavy (non-hydrogen) atoms. The molecule has 1 N–H and O–H groups in total. The third kappa shape index (κ3) is 4.45. The molecule has 0 bridgehead atoms. The Labute approximate surface area is 208 Å². The van der Waals surface area contributed by atoms with E-state index in [4.69, 9.17) is 4.74 Å². The van der Waals surface area contributed by atoms with Gasteiger partial charge in [0.25, 0.3) is 5.91 Å². The van der Waals surface area contributed by atoms with Gasteiger partial charge in [0, 0.05) is 49.5 Å². The largest absolute Gasteiger partial charge is 0.380 e. The molecular formula is C29H36N4O2. The first-order chi connectivity index (χ1) is 17.0. The summed E-state index contributed by atoms with van der Waals surface area (Å²) in [6.45, 7) is 10.3. The first-order valence-electron chi connectivity index (χ1n) is 13.0. The first-order valence-corrected chi connectivity index (χ1v) is 13.0. The Morgan fingerprint density at radius 3 is 2.57 bits per heavy atom. The number of benzene rings is 2. The van der Waals surface area contributed by atoms with Gasteiger partial charge in [-0.15, -0.1) is 0 Å². The van der Waals surface area contributed by atoms with Crippen LogP contribution in [0.3, 0.4) is 0 Å². The highest BCUT2D eigenvalue weighted by Gasteiger charge is 2.45. The van der Waals surface area contributed by atoms with Gasteiger partial charge in [0.15, 0.2) is 0 Å². The van der Waals surface area contributed by atoms with E-state index >= 15 is 0 Å². The zero-order valence-corrected chi connectivity index (χ0v) is 20.7. The Balaban J connectivity index is 1.32. The summed E-state index contributed by atoms with van der Waals surface area (Å²) >= 11 is 0. The summed E-state index contributed by atoms with van der Waals surface area (Å²) in [7, 11) is 2.14. The van der Waals surface area contributed by atoms with Crippen molar-refractivity contribution in [3.63, 3.8) is 0 Å². The molecule has 3 aliphatic heterocycles. The van der Waals surface area contributed by atoms with E-state index in [0.717, 1.165) is 75.0 Å². The second kappa shape index (κ2) is 8.99. The van der Waals surface area contributed by atoms with Crippen LogP contribution in [0, 0.1) is 11.3 Å². The number of hydrogen-bond acceptors (Lipinski definition) is 5. The summed E-state index contributed by atoms with van der Waals surface area (Å²) in [5.74, 6) is 0.708. The maximum atomic E-state index is 14.2. The van der Waals surface area contributed by atoms with E-state index in [1.807, 2.05) is 12.1 Å². The number of nitrogens with zero attached hydrogens (tertiary/aromatic N) is 3. The number of hydrogen-bond donors (Lipinski definition) is 1. The molecule has 4 aliphatic rings. The normalized spacial score (nSPS) is 23.9. The van der Waals surface area contributed by atoms with E-state index in [2.05, 4.69) is 70.0 Å². The van der Waals surface area contributed by atoms with Gasteiger partial charge in [0.2, 0.25) is 0 Å². The Morgan fingerprint density at radius 1 is 1.09 bits per heavy atom. The minimum atomic E-state index is 0.0488. The number of piperazine rings is 1. The fourth-order valence-corrected chi connectivity index (χ4v) is 5.82. The van der Waals surface area contributed by atoms with E-state index in [1.165, 1.54) is 18.4 Å². The summed E-state index contributed by atoms with van der Waals surface area (Å²) < 4.78 is 5.57. The molecule has 2 aromatic carbocycles. The van der Waals surface area contributed by atoms with Crippen molar-refractivity contribution in [2.75, 3.05) is 63.2 Å². The monoisotopic (exact) mass is 472 g/mol. The Morgan fingerprint density at radius 2 is 1.89 bits per heavy atom. The number of rotatable bonds is 6. The molecule has 1 aliphatic carbocycles. The second-order valence-electron chi connectivity index (χ2n) is 11.0. The molecular weight excluding hydrogens is 436 g/mol. The molecule has 1 saturated carbocycles. The molecule has 1 spiro atoms. The summed E-state index contributed by atoms with van der Waals surface area (Å²) in [6.07, 6.45) is 3.55. The number of anilines is 2. The maximum Gasteiger partial charge on any atom is 0.256 e. The van der Waals surface area contributed by atoms with E-state index in [0.29, 0.717) is 5.92 Å². The van der Waals surface area contributed by atoms with Crippen LogP contribution in [0.15, 0.2) is 60.8 Å². The van der Waals surface area contributed by atoms with Crippen LogP contribution < -0.4 is 10.2 Å². The van der Waals surface area contributed by atoms with Crippen molar-refractivity contribution in [1.82, 2.24) is 9.80 Å². The standard InChI is InChI=1S/C29H36N4O2/c1-21(22-8-9-22)30-24-10-11-25(26(16-24)32-13-12-29(18-32)19-35-20-29)28(34)33-15-14-31(2)17-27(33)23-6-4-3-5-7-23/h3-7,10-11,16,22,27,30H,1,8-9,12-15,17-20H2,2H3. The first kappa shape index (κ1) is 22.6. The molecule has 1 atom stereocenters. The van der Waals surface area contributed by atoms with Gasteiger partial charge in [0.05, 0.1) is 30.5 Å². The van der Waals surface area contributed by atoms with Gasteiger partial charge in [-0.25, -0.2) is 0 Å². The van der Waals surface area contributed by atoms with Crippen molar-refractivity contribution in [2.24, 2.45) is 11.3 Å². The van der Waals surface area contributed by atoms with E-state index in [1.54, 1.807) is 0 Å². The summed E-state index contributed by atoms with van der Waals surface area (Å²) in [5, 5.41) is 3.53. The van der Waals surface area contributed by atoms with Crippen LogP contribution in [-0.2, 0) is 4.74 Å². The molecule has 4 fully saturated rings. The van der Waals surface area contributed by atoms with Crippen LogP contribution in [0.5, 0.6) is 0 Å². The minimum Gasteiger partial charge on any atom is -0.380 e. The number of carbonyl (C=O) groups excluding carboxylic acids is 1. The molecule has 3 heterocycles. The minimum absolute atomic E-state index is 0.0488. The van der Waals surface area contributed by atoms with E-state index in [-0.39, 0.29) is 17.4 Å². The number of nitrogens with one attached hydrogen (secondary N) is 1. The number of ether oxygens (including phenoxy) is 1. The third-order valence-electron chi connectivity index (χ3n) is 8.23. The zero-order valence-electron chi connectivity index (χ0n) is 20.7. The lowest BCUT2D eigenvalue weighted by molar-refractivity contribution is -0.0985. The van der Waals surface area contributed by atoms with Crippen molar-refractivity contribution in [1.29, 1.82) is 0 Å². The van der Waals surface area contributed by atoms with Gasteiger partial charge in [-0.1, -0.05) is 36.9 Å². The molecule has 2 aromatic rings. The average Bonchev–Trinajstić information content (AvgIpc) is 3.61. The number of allylic oxidation sites excluding steroid dienone is 1. The molecule has 0 aromatic heterocycles. The molecule has 3 saturated heterocycles. The number of carbonyl (C=O) groups is 1. The van der Waals surface area contributed by atoms with Crippen LogP contribution in [0.25, 0.3) is 0 Å². The Hall–Kier alpha value is -2.83. The smallest absolute Gasteiger partial charge is 0.256 e. The zero-order chi connectivity index (χ0) is 24.0. The topological polar surface area (TPSA) is 48.1 Å². The summed E-state index contributed by atoms with van der Waals surface area (Å²) in [4.78, 5) is 21.0. The third-order valence-corrected chi connectivity index (χ3v) is 8.23. The molecule has 0 radical (unpaired) electrons. The average molecular weight is 473 g/mol. The summed E-state index contributed by atoms with van der Waals surface area (Å²) in [6, 6.07) is 16.8. The van der Waals surface area contributed by atoms with Crippen molar-refractivity contribution in [3.05, 3.63) is 71.9 Å². The highest BCUT2D eigenvalue weighted by Crippen LogP contribution is 2.42. The lowest BCUT2D eigenvalue weighted by Crippen LogP contribution is -2.49. The lowest BCUT2D eigenvalue weighted by atomic mass is 9.85. The molecule has 6 nitrogen and oxygen atoms in total. The molecule has 6 heteroatoms. The lowest BCUT2D eigenvalue weighted by Gasteiger charge is -2.41. The van der Waals surface area contributed by atoms with Crippen LogP contribution >= 0.6 is 0 Å². The van der Waals surface area contributed by atoms with Gasteiger partial charge >= 0.3 is 0 Å². The van der Waals surface area contributed by atoms with Gasteiger partial charge in [0.1, 0.15) is 0 Å². The molecule has 6 rings (SSSR count). The number of likely N-dealkylation sites (N-methyl/N-ethyl adjacent to an activating group) is 1. The predicted molar refractivity (Wildman–Crippen MR) is 140 cm³/mol. The van der Waals surface area contributed by atoms with Crippen molar-refractivity contribution >= 4 is 17.3 Å². The van der Waals surface area contributed by atoms with E-state index < -0.39 is 0 Å². The SMILES string of the molecule is C=C(Nc1ccc(C(=O)N2CCN(C)CC2c2ccccc2)c(N2CCC3(COC3)C2)c1)C1CC1. The molecule has 1 unspecified atom stereocenters. The Bertz CT molecular complexity index is 1110. The van der Waals surface area contributed by atoms with Crippen LogP contribution in [0.4, 0.5) is 11.4 Å². The second-order valence-corrected chi connectivity index (χ2v) is 11.0. The Kier molecular flexibility index (Phi) is 5.81. The highest BCUT2D eigenvalue weighted by atomic mass is 16.5. The summed E-state index contributed by atoms with van der Waals surface area (Å²) in [5.41, 5.74) is 5.40. The fraction of sp³-hybridized carbons (Fsp3) is 0.483. The highest BCUT2D eigenvalue weighted by molar-refractivity contribution is 6.01. The number of amides is 1. The van der Waals surface area contributed by atoms with Gasteiger partial charge in [-0.2, -0.15) is 0 Å². The van der Waals surface area contributed by atoms with Crippen LogP contribution in [-0.4, -0.2) is 68.7 Å². The van der Waals surface area contributed by atoms with Gasteiger partial charge in [-0.3, -0.25) is 4.79 Å². The van der Waals surface area contributed by atoms with Crippen molar-refractivity contribution < 1.29 is 9.53 Å². The van der Waals surface area contributed by atoms with Crippen molar-refractivity contribution in [2.45, 2.75) is 25.3 Å². The fourth-order valence-electron chi connectivity index (χ4n) is 5.82. The quantitative estimate of drug-likeness (QED) is 0.676. The van der Waals surface area contributed by atoms with Gasteiger partial charge < -0.3 is 24.8 Å². The maximum absolute atomic E-state index is 14.2. The molecule has 1 amide bonds. The van der Waals surface area contributed by atoms with Gasteiger partial charge in [-0.05, 0) is 56.0 Å². The van der Waals surface area contributed by atoms with Crippen molar-refractivity contribution in [3.8, 4) is 0 Å². The predicted octanol–water partition coefficient (Wildman–Crippen LogP) is 4.38. The van der Waals surface area contributed by atoms with Crippen LogP contribution in [0.2, 0.25) is 0 Å². The molecule has 184 valence electrons. The van der Waals surface area contributed by atoms with E-state index in [9.17, 15) is 4.79 Å².